The van der Waals surface area contributed by atoms with E-state index in [1.54, 1.807) is 0 Å². The first-order chi connectivity index (χ1) is 19.3. The fourth-order valence-electron chi connectivity index (χ4n) is 4.18. The molecule has 0 nitrogen and oxygen atoms in total. The van der Waals surface area contributed by atoms with Crippen LogP contribution in [0.25, 0.3) is 0 Å². The maximum absolute atomic E-state index is 4.38. The van der Waals surface area contributed by atoms with Crippen LogP contribution >= 0.6 is 12.6 Å². The topological polar surface area (TPSA) is 0 Å². The van der Waals surface area contributed by atoms with Gasteiger partial charge in [0.25, 0.3) is 0 Å². The van der Waals surface area contributed by atoms with Gasteiger partial charge in [0.2, 0.25) is 0 Å². The highest BCUT2D eigenvalue weighted by molar-refractivity contribution is 7.97. The van der Waals surface area contributed by atoms with Crippen molar-refractivity contribution in [2.45, 2.75) is 34.3 Å². The number of hydrogen-bond acceptors (Lipinski definition) is 1. The van der Waals surface area contributed by atoms with E-state index in [2.05, 4.69) is 189 Å². The second-order valence-electron chi connectivity index (χ2n) is 8.67. The number of hydrogen-bond donors (Lipinski definition) is 1. The van der Waals surface area contributed by atoms with Gasteiger partial charge in [-0.2, -0.15) is 0 Å². The summed E-state index contributed by atoms with van der Waals surface area (Å²) in [4.78, 5) is 9.08. The van der Waals surface area contributed by atoms with Crippen LogP contribution in [0.5, 0.6) is 0 Å². The first kappa shape index (κ1) is 27.0. The van der Waals surface area contributed by atoms with Crippen LogP contribution < -0.4 is 0 Å². The van der Waals surface area contributed by atoms with Crippen LogP contribution in [-0.4, -0.2) is 0 Å². The first-order valence-corrected chi connectivity index (χ1v) is 15.7. The molecule has 0 spiro atoms. The molecule has 0 saturated carbocycles. The van der Waals surface area contributed by atoms with Crippen LogP contribution in [0.15, 0.2) is 210 Å². The Kier molecular flexibility index (Phi) is 9.65. The van der Waals surface area contributed by atoms with E-state index in [4.69, 9.17) is 0 Å². The van der Waals surface area contributed by atoms with E-state index in [1.807, 2.05) is 0 Å². The third-order valence-corrected chi connectivity index (χ3v) is 10.7. The molecule has 0 heterocycles. The zero-order valence-corrected chi connectivity index (χ0v) is 24.0. The summed E-state index contributed by atoms with van der Waals surface area (Å²) in [7, 11) is -0.0715. The van der Waals surface area contributed by atoms with E-state index in [9.17, 15) is 0 Å². The lowest BCUT2D eigenvalue weighted by atomic mass is 10.4. The zero-order valence-electron chi connectivity index (χ0n) is 21.5. The molecule has 0 aliphatic rings. The van der Waals surface area contributed by atoms with Crippen molar-refractivity contribution in [1.82, 2.24) is 0 Å². The Morgan fingerprint density at radius 1 is 0.256 bits per heavy atom. The molecular formula is C36H30S3+2. The van der Waals surface area contributed by atoms with Gasteiger partial charge in [-0.25, -0.2) is 0 Å². The molecule has 0 amide bonds. The van der Waals surface area contributed by atoms with Gasteiger partial charge in [-0.1, -0.05) is 91.0 Å². The van der Waals surface area contributed by atoms with Crippen LogP contribution in [0.1, 0.15) is 0 Å². The minimum absolute atomic E-state index is 0.0146. The fourth-order valence-corrected chi connectivity index (χ4v) is 8.52. The molecule has 0 bridgehead atoms. The van der Waals surface area contributed by atoms with Crippen molar-refractivity contribution in [2.24, 2.45) is 0 Å². The molecular weight excluding hydrogens is 529 g/mol. The summed E-state index contributed by atoms with van der Waals surface area (Å²) in [5, 5.41) is 0. The highest BCUT2D eigenvalue weighted by Gasteiger charge is 2.28. The van der Waals surface area contributed by atoms with Gasteiger partial charge < -0.3 is 0 Å². The summed E-state index contributed by atoms with van der Waals surface area (Å²) in [5.41, 5.74) is 0. The summed E-state index contributed by atoms with van der Waals surface area (Å²) in [5.74, 6) is 0. The van der Waals surface area contributed by atoms with Crippen LogP contribution in [-0.2, 0) is 21.8 Å². The van der Waals surface area contributed by atoms with Crippen LogP contribution in [0.4, 0.5) is 0 Å². The second-order valence-corrected chi connectivity index (χ2v) is 13.2. The number of thiol groups is 1. The Morgan fingerprint density at radius 2 is 0.462 bits per heavy atom. The lowest BCUT2D eigenvalue weighted by Gasteiger charge is -2.07. The van der Waals surface area contributed by atoms with E-state index in [0.717, 1.165) is 4.90 Å². The van der Waals surface area contributed by atoms with E-state index in [0.29, 0.717) is 0 Å². The lowest BCUT2D eigenvalue weighted by molar-refractivity contribution is 1.29. The van der Waals surface area contributed by atoms with Gasteiger partial charge >= 0.3 is 0 Å². The maximum atomic E-state index is 4.38. The van der Waals surface area contributed by atoms with Crippen molar-refractivity contribution in [3.8, 4) is 0 Å². The third-order valence-electron chi connectivity index (χ3n) is 5.97. The Bertz CT molecular complexity index is 1390. The molecule has 0 N–H and O–H groups in total. The molecule has 0 aliphatic heterocycles. The third kappa shape index (κ3) is 7.27. The molecule has 6 rings (SSSR count). The zero-order chi connectivity index (χ0) is 26.7. The smallest absolute Gasteiger partial charge is 0.143 e. The minimum Gasteiger partial charge on any atom is -0.143 e. The summed E-state index contributed by atoms with van der Waals surface area (Å²) in [6.45, 7) is 0. The quantitative estimate of drug-likeness (QED) is 0.153. The van der Waals surface area contributed by atoms with Crippen molar-refractivity contribution in [3.63, 3.8) is 0 Å². The molecule has 6 aromatic rings. The molecule has 0 aliphatic carbocycles. The van der Waals surface area contributed by atoms with E-state index in [-0.39, 0.29) is 21.8 Å². The average Bonchev–Trinajstić information content (AvgIpc) is 3.02. The van der Waals surface area contributed by atoms with E-state index in [1.165, 1.54) is 29.4 Å². The first-order valence-electron chi connectivity index (χ1n) is 12.8. The van der Waals surface area contributed by atoms with Crippen molar-refractivity contribution < 1.29 is 0 Å². The predicted octanol–water partition coefficient (Wildman–Crippen LogP) is 9.85. The molecule has 6 aromatic carbocycles. The molecule has 190 valence electrons. The van der Waals surface area contributed by atoms with Crippen LogP contribution in [0.2, 0.25) is 0 Å². The van der Waals surface area contributed by atoms with Crippen molar-refractivity contribution in [3.05, 3.63) is 176 Å². The van der Waals surface area contributed by atoms with Crippen molar-refractivity contribution >= 4 is 34.4 Å². The Morgan fingerprint density at radius 3 is 0.692 bits per heavy atom. The second kappa shape index (κ2) is 14.0. The van der Waals surface area contributed by atoms with Crippen molar-refractivity contribution in [2.75, 3.05) is 0 Å². The minimum atomic E-state index is -0.0569. The SMILES string of the molecule is Sc1ccc([S+](c2ccccc2)c2ccccc2)cc1.c1ccc([S+](c2ccccc2)c2ccccc2)cc1. The largest absolute Gasteiger partial charge is 0.166 e. The maximum Gasteiger partial charge on any atom is 0.166 e. The van der Waals surface area contributed by atoms with Crippen molar-refractivity contribution in [1.29, 1.82) is 0 Å². The molecule has 0 radical (unpaired) electrons. The summed E-state index contributed by atoms with van der Waals surface area (Å²) >= 11 is 4.38. The van der Waals surface area contributed by atoms with Gasteiger partial charge in [-0.05, 0) is 84.9 Å². The van der Waals surface area contributed by atoms with Gasteiger partial charge in [0.05, 0.1) is 21.8 Å². The Balaban J connectivity index is 0.000000158. The number of benzene rings is 6. The van der Waals surface area contributed by atoms with Gasteiger partial charge in [-0.15, -0.1) is 12.6 Å². The normalized spacial score (nSPS) is 10.6. The number of rotatable bonds is 6. The molecule has 0 fully saturated rings. The summed E-state index contributed by atoms with van der Waals surface area (Å²) in [6.07, 6.45) is 0. The molecule has 0 aromatic heterocycles. The highest BCUT2D eigenvalue weighted by Crippen LogP contribution is 2.32. The fraction of sp³-hybridized carbons (Fsp3) is 0. The monoisotopic (exact) mass is 558 g/mol. The van der Waals surface area contributed by atoms with Gasteiger partial charge in [0, 0.05) is 4.90 Å². The molecule has 3 heteroatoms. The molecule has 39 heavy (non-hydrogen) atoms. The summed E-state index contributed by atoms with van der Waals surface area (Å²) in [6, 6.07) is 61.9. The average molecular weight is 559 g/mol. The van der Waals surface area contributed by atoms with E-state index >= 15 is 0 Å². The predicted molar refractivity (Wildman–Crippen MR) is 170 cm³/mol. The van der Waals surface area contributed by atoms with Gasteiger partial charge in [0.1, 0.15) is 0 Å². The van der Waals surface area contributed by atoms with Crippen LogP contribution in [0.3, 0.4) is 0 Å². The van der Waals surface area contributed by atoms with Crippen LogP contribution in [0, 0.1) is 0 Å². The van der Waals surface area contributed by atoms with E-state index < -0.39 is 0 Å². The summed E-state index contributed by atoms with van der Waals surface area (Å²) < 4.78 is 0. The molecule has 0 atom stereocenters. The van der Waals surface area contributed by atoms with Gasteiger partial charge in [-0.3, -0.25) is 0 Å². The Labute approximate surface area is 243 Å². The lowest BCUT2D eigenvalue weighted by Crippen LogP contribution is -2.04. The molecule has 0 unspecified atom stereocenters. The molecule has 0 saturated heterocycles. The highest BCUT2D eigenvalue weighted by atomic mass is 32.2. The standard InChI is InChI=1S/C18H14S2.C18H15S/c19-15-11-13-18(14-12-15)20(16-7-3-1-4-8-16)17-9-5-2-6-10-17;1-4-10-16(11-5-1)19(17-12-6-2-7-13-17)18-14-8-3-9-15-18/h1-14H;1-15H/q;+1/p+1. The Hall–Kier alpha value is -3.63. The van der Waals surface area contributed by atoms with Gasteiger partial charge in [0.15, 0.2) is 29.4 Å².